The van der Waals surface area contributed by atoms with Crippen LogP contribution in [0.15, 0.2) is 77.7 Å². The average molecular weight is 495 g/mol. The van der Waals surface area contributed by atoms with Gasteiger partial charge in [0.1, 0.15) is 11.5 Å². The summed E-state index contributed by atoms with van der Waals surface area (Å²) < 4.78 is 11.2. The van der Waals surface area contributed by atoms with Gasteiger partial charge in [0.2, 0.25) is 0 Å². The minimum atomic E-state index is -1.01. The number of hydrogen-bond acceptors (Lipinski definition) is 4. The molecule has 0 bridgehead atoms. The number of methoxy groups -OCH3 is 1. The molecule has 0 saturated heterocycles. The molecule has 5 nitrogen and oxygen atoms in total. The van der Waals surface area contributed by atoms with Gasteiger partial charge in [-0.2, -0.15) is 0 Å². The number of hydrogen-bond donors (Lipinski definition) is 2. The van der Waals surface area contributed by atoms with E-state index in [4.69, 9.17) is 21.1 Å². The fourth-order valence-corrected chi connectivity index (χ4v) is 4.78. The molecule has 0 aliphatic heterocycles. The number of nitrogens with one attached hydrogen (secondary N) is 2. The molecule has 7 heteroatoms. The fourth-order valence-electron chi connectivity index (χ4n) is 3.60. The van der Waals surface area contributed by atoms with Gasteiger partial charge in [-0.05, 0) is 74.0 Å². The summed E-state index contributed by atoms with van der Waals surface area (Å²) in [5.74, 6) is 1.97. The molecule has 1 amide bonds. The van der Waals surface area contributed by atoms with Crippen molar-refractivity contribution in [1.29, 1.82) is 0 Å². The van der Waals surface area contributed by atoms with Crippen LogP contribution >= 0.6 is 23.4 Å². The second kappa shape index (κ2) is 10.5. The van der Waals surface area contributed by atoms with Crippen LogP contribution in [0.3, 0.4) is 0 Å². The Bertz CT molecular complexity index is 1270. The van der Waals surface area contributed by atoms with Crippen LogP contribution in [0, 0.1) is 0 Å². The molecule has 0 saturated carbocycles. The average Bonchev–Trinajstić information content (AvgIpc) is 3.21. The number of H-pyrrole nitrogens is 1. The van der Waals surface area contributed by atoms with Gasteiger partial charge in [-0.15, -0.1) is 11.8 Å². The van der Waals surface area contributed by atoms with E-state index in [-0.39, 0.29) is 5.91 Å². The van der Waals surface area contributed by atoms with E-state index < -0.39 is 5.60 Å². The lowest BCUT2D eigenvalue weighted by atomic mass is 10.1. The van der Waals surface area contributed by atoms with Crippen LogP contribution in [0.4, 0.5) is 0 Å². The number of aromatic amines is 1. The van der Waals surface area contributed by atoms with Crippen molar-refractivity contribution in [2.75, 3.05) is 19.4 Å². The standard InChI is InChI=1S/C27H27ClN2O3S/c1-27(2,33-21-14-10-19(28)11-15-21)26(31)29-16-17-34-25-22-6-4-5-7-23(22)30-24(25)18-8-12-20(32-3)13-9-18/h4-15,30H,16-17H2,1-3H3,(H,29,31). The zero-order valence-electron chi connectivity index (χ0n) is 19.4. The van der Waals surface area contributed by atoms with Crippen molar-refractivity contribution in [3.8, 4) is 22.8 Å². The Kier molecular flexibility index (Phi) is 7.39. The summed E-state index contributed by atoms with van der Waals surface area (Å²) in [5.41, 5.74) is 2.22. The van der Waals surface area contributed by atoms with Gasteiger partial charge in [-0.3, -0.25) is 4.79 Å². The maximum absolute atomic E-state index is 12.8. The molecule has 4 rings (SSSR count). The van der Waals surface area contributed by atoms with E-state index in [1.165, 1.54) is 0 Å². The molecular formula is C27H27ClN2O3S. The molecule has 0 spiro atoms. The van der Waals surface area contributed by atoms with E-state index in [9.17, 15) is 4.79 Å². The van der Waals surface area contributed by atoms with Crippen LogP contribution < -0.4 is 14.8 Å². The fraction of sp³-hybridized carbons (Fsp3) is 0.222. The van der Waals surface area contributed by atoms with E-state index in [0.717, 1.165) is 32.8 Å². The normalized spacial score (nSPS) is 11.4. The number of halogens is 1. The largest absolute Gasteiger partial charge is 0.497 e. The van der Waals surface area contributed by atoms with Crippen molar-refractivity contribution in [3.63, 3.8) is 0 Å². The van der Waals surface area contributed by atoms with Crippen LogP contribution in [-0.2, 0) is 4.79 Å². The predicted molar refractivity (Wildman–Crippen MR) is 140 cm³/mol. The van der Waals surface area contributed by atoms with Gasteiger partial charge in [0.05, 0.1) is 12.8 Å². The van der Waals surface area contributed by atoms with Crippen molar-refractivity contribution in [3.05, 3.63) is 77.8 Å². The zero-order valence-corrected chi connectivity index (χ0v) is 20.9. The van der Waals surface area contributed by atoms with Crippen LogP contribution in [0.2, 0.25) is 5.02 Å². The third-order valence-corrected chi connectivity index (χ3v) is 6.78. The minimum absolute atomic E-state index is 0.169. The maximum Gasteiger partial charge on any atom is 0.263 e. The number of aromatic nitrogens is 1. The lowest BCUT2D eigenvalue weighted by Crippen LogP contribution is -2.47. The second-order valence-corrected chi connectivity index (χ2v) is 9.82. The van der Waals surface area contributed by atoms with Crippen molar-refractivity contribution < 1.29 is 14.3 Å². The topological polar surface area (TPSA) is 63.3 Å². The number of benzene rings is 3. The van der Waals surface area contributed by atoms with Gasteiger partial charge < -0.3 is 19.8 Å². The highest BCUT2D eigenvalue weighted by atomic mass is 35.5. The molecule has 1 heterocycles. The Hall–Kier alpha value is -3.09. The Balaban J connectivity index is 1.42. The molecule has 3 aromatic carbocycles. The number of carbonyl (C=O) groups excluding carboxylic acids is 1. The van der Waals surface area contributed by atoms with Gasteiger partial charge >= 0.3 is 0 Å². The molecule has 176 valence electrons. The quantitative estimate of drug-likeness (QED) is 0.204. The number of rotatable bonds is 9. The molecule has 0 aliphatic carbocycles. The molecular weight excluding hydrogens is 468 g/mol. The molecule has 0 atom stereocenters. The van der Waals surface area contributed by atoms with Crippen LogP contribution in [0.25, 0.3) is 22.2 Å². The summed E-state index contributed by atoms with van der Waals surface area (Å²) in [4.78, 5) is 17.5. The second-order valence-electron chi connectivity index (χ2n) is 8.27. The Morgan fingerprint density at radius 2 is 1.68 bits per heavy atom. The van der Waals surface area contributed by atoms with E-state index in [1.54, 1.807) is 57.0 Å². The third kappa shape index (κ3) is 5.51. The first-order valence-corrected chi connectivity index (χ1v) is 12.3. The van der Waals surface area contributed by atoms with Gasteiger partial charge in [-0.1, -0.05) is 29.8 Å². The molecule has 0 unspecified atom stereocenters. The van der Waals surface area contributed by atoms with Crippen molar-refractivity contribution in [1.82, 2.24) is 10.3 Å². The molecule has 0 aliphatic rings. The predicted octanol–water partition coefficient (Wildman–Crippen LogP) is 6.56. The van der Waals surface area contributed by atoms with Gasteiger partial charge in [-0.25, -0.2) is 0 Å². The highest BCUT2D eigenvalue weighted by Gasteiger charge is 2.29. The van der Waals surface area contributed by atoms with Gasteiger partial charge in [0.25, 0.3) is 5.91 Å². The van der Waals surface area contributed by atoms with Gasteiger partial charge in [0.15, 0.2) is 5.60 Å². The summed E-state index contributed by atoms with van der Waals surface area (Å²) in [6.07, 6.45) is 0. The van der Waals surface area contributed by atoms with Crippen LogP contribution in [-0.4, -0.2) is 35.9 Å². The van der Waals surface area contributed by atoms with E-state index in [2.05, 4.69) is 22.4 Å². The van der Waals surface area contributed by atoms with Crippen molar-refractivity contribution >= 4 is 40.2 Å². The number of ether oxygens (including phenoxy) is 2. The highest BCUT2D eigenvalue weighted by Crippen LogP contribution is 2.38. The molecule has 1 aromatic heterocycles. The number of para-hydroxylation sites is 1. The lowest BCUT2D eigenvalue weighted by Gasteiger charge is -2.25. The first-order chi connectivity index (χ1) is 16.4. The Morgan fingerprint density at radius 3 is 2.38 bits per heavy atom. The first-order valence-electron chi connectivity index (χ1n) is 11.0. The Morgan fingerprint density at radius 1 is 1.00 bits per heavy atom. The van der Waals surface area contributed by atoms with Gasteiger partial charge in [0, 0.05) is 33.1 Å². The van der Waals surface area contributed by atoms with E-state index in [1.807, 2.05) is 36.4 Å². The summed E-state index contributed by atoms with van der Waals surface area (Å²) in [7, 11) is 1.66. The van der Waals surface area contributed by atoms with Crippen LogP contribution in [0.5, 0.6) is 11.5 Å². The summed E-state index contributed by atoms with van der Waals surface area (Å²) in [6.45, 7) is 4.02. The van der Waals surface area contributed by atoms with Crippen molar-refractivity contribution in [2.45, 2.75) is 24.3 Å². The number of carbonyl (C=O) groups is 1. The van der Waals surface area contributed by atoms with Crippen LogP contribution in [0.1, 0.15) is 13.8 Å². The van der Waals surface area contributed by atoms with E-state index in [0.29, 0.717) is 23.1 Å². The zero-order chi connectivity index (χ0) is 24.1. The third-order valence-electron chi connectivity index (χ3n) is 5.40. The highest BCUT2D eigenvalue weighted by molar-refractivity contribution is 7.99. The monoisotopic (exact) mass is 494 g/mol. The summed E-state index contributed by atoms with van der Waals surface area (Å²) in [6, 6.07) is 23.2. The number of fused-ring (bicyclic) bond motifs is 1. The minimum Gasteiger partial charge on any atom is -0.497 e. The molecule has 34 heavy (non-hydrogen) atoms. The Labute approximate surface area is 208 Å². The first kappa shape index (κ1) is 24.0. The summed E-state index contributed by atoms with van der Waals surface area (Å²) >= 11 is 7.64. The smallest absolute Gasteiger partial charge is 0.263 e. The molecule has 0 radical (unpaired) electrons. The molecule has 0 fully saturated rings. The SMILES string of the molecule is COc1ccc(-c2[nH]c3ccccc3c2SCCNC(=O)C(C)(C)Oc2ccc(Cl)cc2)cc1. The number of thioether (sulfide) groups is 1. The summed E-state index contributed by atoms with van der Waals surface area (Å²) in [5, 5.41) is 4.79. The number of amides is 1. The lowest BCUT2D eigenvalue weighted by molar-refractivity contribution is -0.134. The van der Waals surface area contributed by atoms with Crippen molar-refractivity contribution in [2.24, 2.45) is 0 Å². The molecule has 2 N–H and O–H groups in total. The van der Waals surface area contributed by atoms with E-state index >= 15 is 0 Å². The maximum atomic E-state index is 12.8. The molecule has 4 aromatic rings.